The van der Waals surface area contributed by atoms with Crippen LogP contribution in [-0.2, 0) is 9.53 Å². The van der Waals surface area contributed by atoms with Crippen LogP contribution in [0.4, 0.5) is 0 Å². The lowest BCUT2D eigenvalue weighted by atomic mass is 10.0. The second-order valence-electron chi connectivity index (χ2n) is 6.23. The van der Waals surface area contributed by atoms with Crippen LogP contribution in [0.2, 0.25) is 0 Å². The predicted octanol–water partition coefficient (Wildman–Crippen LogP) is 3.32. The van der Waals surface area contributed by atoms with Crippen LogP contribution in [0.5, 0.6) is 0 Å². The molecule has 0 aromatic heterocycles. The Kier molecular flexibility index (Phi) is 2.45. The van der Waals surface area contributed by atoms with Crippen molar-refractivity contribution in [2.75, 3.05) is 0 Å². The van der Waals surface area contributed by atoms with Crippen LogP contribution in [0.15, 0.2) is 11.6 Å². The first-order valence-electron chi connectivity index (χ1n) is 6.14. The van der Waals surface area contributed by atoms with Gasteiger partial charge in [0.25, 0.3) is 0 Å². The summed E-state index contributed by atoms with van der Waals surface area (Å²) in [5, 5.41) is 0. The average molecular weight is 222 g/mol. The highest BCUT2D eigenvalue weighted by Crippen LogP contribution is 2.70. The highest BCUT2D eigenvalue weighted by molar-refractivity contribution is 5.67. The molecule has 90 valence electrons. The van der Waals surface area contributed by atoms with Crippen molar-refractivity contribution in [1.82, 2.24) is 0 Å². The van der Waals surface area contributed by atoms with Crippen molar-refractivity contribution >= 4 is 5.97 Å². The highest BCUT2D eigenvalue weighted by atomic mass is 16.6. The van der Waals surface area contributed by atoms with Crippen LogP contribution in [0.1, 0.15) is 47.5 Å². The Morgan fingerprint density at radius 3 is 2.19 bits per heavy atom. The quantitative estimate of drug-likeness (QED) is 0.541. The smallest absolute Gasteiger partial charge is 0.303 e. The summed E-state index contributed by atoms with van der Waals surface area (Å²) in [4.78, 5) is 11.1. The molecular formula is C14H22O2. The summed E-state index contributed by atoms with van der Waals surface area (Å²) in [5.41, 5.74) is 1.54. The molecule has 0 N–H and O–H groups in total. The van der Waals surface area contributed by atoms with Gasteiger partial charge in [-0.3, -0.25) is 4.79 Å². The lowest BCUT2D eigenvalue weighted by molar-refractivity contribution is -0.150. The number of hydrogen-bond donors (Lipinski definition) is 0. The molecule has 2 aliphatic rings. The van der Waals surface area contributed by atoms with Crippen LogP contribution >= 0.6 is 0 Å². The van der Waals surface area contributed by atoms with Gasteiger partial charge in [-0.2, -0.15) is 0 Å². The highest BCUT2D eigenvalue weighted by Gasteiger charge is 2.71. The maximum absolute atomic E-state index is 11.1. The normalized spacial score (nSPS) is 32.8. The minimum absolute atomic E-state index is 0.119. The largest absolute Gasteiger partial charge is 0.459 e. The monoisotopic (exact) mass is 222 g/mol. The number of carbonyl (C=O) groups is 1. The van der Waals surface area contributed by atoms with Crippen molar-refractivity contribution in [3.8, 4) is 0 Å². The molecule has 0 spiro atoms. The maximum Gasteiger partial charge on any atom is 0.303 e. The molecule has 2 atom stereocenters. The van der Waals surface area contributed by atoms with Gasteiger partial charge in [0.1, 0.15) is 5.60 Å². The molecule has 2 unspecified atom stereocenters. The van der Waals surface area contributed by atoms with Crippen LogP contribution < -0.4 is 0 Å². The van der Waals surface area contributed by atoms with Crippen LogP contribution in [0.3, 0.4) is 0 Å². The van der Waals surface area contributed by atoms with Gasteiger partial charge < -0.3 is 4.74 Å². The van der Waals surface area contributed by atoms with Gasteiger partial charge in [-0.1, -0.05) is 25.5 Å². The molecule has 2 fully saturated rings. The Morgan fingerprint density at radius 1 is 1.25 bits per heavy atom. The summed E-state index contributed by atoms with van der Waals surface area (Å²) in [7, 11) is 0. The maximum atomic E-state index is 11.1. The first-order valence-corrected chi connectivity index (χ1v) is 6.14. The van der Waals surface area contributed by atoms with Gasteiger partial charge >= 0.3 is 5.97 Å². The topological polar surface area (TPSA) is 26.3 Å². The molecule has 0 aromatic rings. The SMILES string of the molecule is CC(=O)OC1(C2C(C=C(C)C)C2(C)C)CC1. The van der Waals surface area contributed by atoms with E-state index in [1.54, 1.807) is 0 Å². The molecule has 2 heteroatoms. The summed E-state index contributed by atoms with van der Waals surface area (Å²) >= 11 is 0. The van der Waals surface area contributed by atoms with Gasteiger partial charge in [0.05, 0.1) is 0 Å². The van der Waals surface area contributed by atoms with Crippen LogP contribution in [-0.4, -0.2) is 11.6 Å². The molecule has 0 aromatic carbocycles. The first-order chi connectivity index (χ1) is 7.29. The molecule has 2 nitrogen and oxygen atoms in total. The zero-order chi connectivity index (χ0) is 12.1. The predicted molar refractivity (Wildman–Crippen MR) is 63.9 cm³/mol. The molecule has 2 aliphatic carbocycles. The van der Waals surface area contributed by atoms with E-state index in [1.807, 2.05) is 0 Å². The molecule has 0 amide bonds. The molecule has 0 bridgehead atoms. The third-order valence-corrected chi connectivity index (χ3v) is 4.08. The fourth-order valence-electron chi connectivity index (χ4n) is 3.24. The van der Waals surface area contributed by atoms with Gasteiger partial charge in [-0.05, 0) is 38.0 Å². The van der Waals surface area contributed by atoms with E-state index < -0.39 is 0 Å². The van der Waals surface area contributed by atoms with Crippen LogP contribution in [0.25, 0.3) is 0 Å². The van der Waals surface area contributed by atoms with Crippen LogP contribution in [0, 0.1) is 17.3 Å². The van der Waals surface area contributed by atoms with Gasteiger partial charge in [-0.25, -0.2) is 0 Å². The first kappa shape index (κ1) is 11.7. The number of esters is 1. The third kappa shape index (κ3) is 1.79. The van der Waals surface area contributed by atoms with Crippen molar-refractivity contribution in [3.05, 3.63) is 11.6 Å². The Labute approximate surface area is 98.1 Å². The number of carbonyl (C=O) groups excluding carboxylic acids is 1. The van der Waals surface area contributed by atoms with E-state index >= 15 is 0 Å². The lowest BCUT2D eigenvalue weighted by Crippen LogP contribution is -2.22. The number of rotatable bonds is 3. The van der Waals surface area contributed by atoms with E-state index in [1.165, 1.54) is 12.5 Å². The average Bonchev–Trinajstić information content (AvgIpc) is 2.91. The van der Waals surface area contributed by atoms with Gasteiger partial charge in [0.2, 0.25) is 0 Å². The standard InChI is InChI=1S/C14H22O2/c1-9(2)8-11-12(13(11,4)5)14(6-7-14)16-10(3)15/h8,11-12H,6-7H2,1-5H3. The second-order valence-corrected chi connectivity index (χ2v) is 6.23. The Bertz CT molecular complexity index is 344. The molecular weight excluding hydrogens is 200 g/mol. The molecule has 0 radical (unpaired) electrons. The fraction of sp³-hybridized carbons (Fsp3) is 0.786. The van der Waals surface area contributed by atoms with Gasteiger partial charge in [0, 0.05) is 12.8 Å². The summed E-state index contributed by atoms with van der Waals surface area (Å²) in [5.74, 6) is 0.981. The molecule has 2 saturated carbocycles. The number of ether oxygens (including phenoxy) is 1. The Balaban J connectivity index is 2.12. The molecule has 0 heterocycles. The second kappa shape index (κ2) is 3.35. The molecule has 16 heavy (non-hydrogen) atoms. The van der Waals surface area contributed by atoms with E-state index in [-0.39, 0.29) is 11.6 Å². The van der Waals surface area contributed by atoms with Gasteiger partial charge in [0.15, 0.2) is 0 Å². The molecule has 2 rings (SSSR count). The van der Waals surface area contributed by atoms with Crippen molar-refractivity contribution < 1.29 is 9.53 Å². The van der Waals surface area contributed by atoms with E-state index in [0.29, 0.717) is 17.3 Å². The fourth-order valence-corrected chi connectivity index (χ4v) is 3.24. The van der Waals surface area contributed by atoms with Crippen molar-refractivity contribution in [2.24, 2.45) is 17.3 Å². The van der Waals surface area contributed by atoms with Crippen molar-refractivity contribution in [1.29, 1.82) is 0 Å². The summed E-state index contributed by atoms with van der Waals surface area (Å²) in [6.07, 6.45) is 4.44. The summed E-state index contributed by atoms with van der Waals surface area (Å²) in [6, 6.07) is 0. The van der Waals surface area contributed by atoms with E-state index in [0.717, 1.165) is 12.8 Å². The van der Waals surface area contributed by atoms with E-state index in [2.05, 4.69) is 33.8 Å². The van der Waals surface area contributed by atoms with Crippen molar-refractivity contribution in [3.63, 3.8) is 0 Å². The minimum Gasteiger partial charge on any atom is -0.459 e. The molecule has 0 aliphatic heterocycles. The summed E-state index contributed by atoms with van der Waals surface area (Å²) < 4.78 is 5.55. The van der Waals surface area contributed by atoms with E-state index in [4.69, 9.17) is 4.74 Å². The minimum atomic E-state index is -0.129. The Hall–Kier alpha value is -0.790. The molecule has 0 saturated heterocycles. The van der Waals surface area contributed by atoms with Crippen molar-refractivity contribution in [2.45, 2.75) is 53.1 Å². The lowest BCUT2D eigenvalue weighted by Gasteiger charge is -2.16. The number of allylic oxidation sites excluding steroid dienone is 2. The third-order valence-electron chi connectivity index (χ3n) is 4.08. The zero-order valence-electron chi connectivity index (χ0n) is 11.0. The Morgan fingerprint density at radius 2 is 1.81 bits per heavy atom. The number of hydrogen-bond acceptors (Lipinski definition) is 2. The summed E-state index contributed by atoms with van der Waals surface area (Å²) in [6.45, 7) is 10.4. The van der Waals surface area contributed by atoms with E-state index in [9.17, 15) is 4.79 Å². The zero-order valence-corrected chi connectivity index (χ0v) is 11.0. The van der Waals surface area contributed by atoms with Gasteiger partial charge in [-0.15, -0.1) is 0 Å².